The number of amides is 1. The zero-order chi connectivity index (χ0) is 15.5. The highest BCUT2D eigenvalue weighted by molar-refractivity contribution is 5.73. The minimum Gasteiger partial charge on any atom is -0.490 e. The molecule has 1 aromatic carbocycles. The van der Waals surface area contributed by atoms with Gasteiger partial charge in [0.25, 0.3) is 0 Å². The lowest BCUT2D eigenvalue weighted by atomic mass is 10.2. The zero-order valence-electron chi connectivity index (χ0n) is 12.7. The molecule has 0 unspecified atom stereocenters. The predicted octanol–water partition coefficient (Wildman–Crippen LogP) is 1.08. The number of hydrogen-bond donors (Lipinski definition) is 2. The van der Waals surface area contributed by atoms with Gasteiger partial charge >= 0.3 is 0 Å². The van der Waals surface area contributed by atoms with Crippen LogP contribution in [-0.2, 0) is 16.1 Å². The third kappa shape index (κ3) is 6.46. The standard InChI is InChI=1S/C15H24N2O4/c1-3-20-13-6-4-5-12(11-17-8-10-19-2)15(13)21-9-7-14(16)18/h4-6,17H,3,7-11H2,1-2H3,(H2,16,18). The van der Waals surface area contributed by atoms with Crippen LogP contribution in [0.4, 0.5) is 0 Å². The van der Waals surface area contributed by atoms with Crippen LogP contribution in [0.3, 0.4) is 0 Å². The van der Waals surface area contributed by atoms with E-state index in [0.717, 1.165) is 12.1 Å². The van der Waals surface area contributed by atoms with Crippen molar-refractivity contribution in [1.82, 2.24) is 5.32 Å². The van der Waals surface area contributed by atoms with Crippen LogP contribution in [0.15, 0.2) is 18.2 Å². The Bertz CT molecular complexity index is 438. The summed E-state index contributed by atoms with van der Waals surface area (Å²) in [5.41, 5.74) is 6.10. The molecule has 0 bridgehead atoms. The fraction of sp³-hybridized carbons (Fsp3) is 0.533. The van der Waals surface area contributed by atoms with Crippen molar-refractivity contribution in [3.05, 3.63) is 23.8 Å². The van der Waals surface area contributed by atoms with Crippen molar-refractivity contribution in [2.75, 3.05) is 33.5 Å². The fourth-order valence-electron chi connectivity index (χ4n) is 1.78. The van der Waals surface area contributed by atoms with E-state index < -0.39 is 0 Å². The van der Waals surface area contributed by atoms with Gasteiger partial charge in [-0.1, -0.05) is 12.1 Å². The number of benzene rings is 1. The number of nitrogens with two attached hydrogens (primary N) is 1. The first-order chi connectivity index (χ1) is 10.2. The van der Waals surface area contributed by atoms with Crippen LogP contribution >= 0.6 is 0 Å². The second kappa shape index (κ2) is 10.0. The first-order valence-corrected chi connectivity index (χ1v) is 7.04. The Morgan fingerprint density at radius 3 is 2.76 bits per heavy atom. The Morgan fingerprint density at radius 2 is 2.10 bits per heavy atom. The molecule has 0 radical (unpaired) electrons. The van der Waals surface area contributed by atoms with Crippen LogP contribution in [0, 0.1) is 0 Å². The van der Waals surface area contributed by atoms with Gasteiger partial charge in [0.2, 0.25) is 5.91 Å². The lowest BCUT2D eigenvalue weighted by Gasteiger charge is -2.16. The summed E-state index contributed by atoms with van der Waals surface area (Å²) in [6, 6.07) is 5.73. The van der Waals surface area contributed by atoms with Crippen LogP contribution < -0.4 is 20.5 Å². The van der Waals surface area contributed by atoms with Gasteiger partial charge in [0.15, 0.2) is 11.5 Å². The Kier molecular flexibility index (Phi) is 8.23. The van der Waals surface area contributed by atoms with Gasteiger partial charge in [0.05, 0.1) is 26.2 Å². The number of carbonyl (C=O) groups is 1. The van der Waals surface area contributed by atoms with Crippen molar-refractivity contribution in [2.45, 2.75) is 19.9 Å². The lowest BCUT2D eigenvalue weighted by molar-refractivity contribution is -0.118. The quantitative estimate of drug-likeness (QED) is 0.597. The van der Waals surface area contributed by atoms with Crippen LogP contribution in [0.25, 0.3) is 0 Å². The van der Waals surface area contributed by atoms with Gasteiger partial charge in [0, 0.05) is 25.8 Å². The molecule has 0 aromatic heterocycles. The summed E-state index contributed by atoms with van der Waals surface area (Å²) in [4.78, 5) is 10.8. The fourth-order valence-corrected chi connectivity index (χ4v) is 1.78. The van der Waals surface area contributed by atoms with Crippen LogP contribution in [0.1, 0.15) is 18.9 Å². The molecule has 6 heteroatoms. The zero-order valence-corrected chi connectivity index (χ0v) is 12.7. The summed E-state index contributed by atoms with van der Waals surface area (Å²) < 4.78 is 16.3. The normalized spacial score (nSPS) is 10.4. The molecule has 0 atom stereocenters. The molecule has 0 aliphatic carbocycles. The highest BCUT2D eigenvalue weighted by Gasteiger charge is 2.11. The Balaban J connectivity index is 2.73. The summed E-state index contributed by atoms with van der Waals surface area (Å²) in [6.07, 6.45) is 0.178. The highest BCUT2D eigenvalue weighted by atomic mass is 16.5. The van der Waals surface area contributed by atoms with Gasteiger partial charge in [-0.3, -0.25) is 4.79 Å². The number of rotatable bonds is 11. The molecule has 21 heavy (non-hydrogen) atoms. The van der Waals surface area contributed by atoms with Crippen molar-refractivity contribution in [3.8, 4) is 11.5 Å². The van der Waals surface area contributed by atoms with E-state index in [1.165, 1.54) is 0 Å². The molecule has 0 heterocycles. The van der Waals surface area contributed by atoms with E-state index in [-0.39, 0.29) is 18.9 Å². The van der Waals surface area contributed by atoms with E-state index in [1.54, 1.807) is 7.11 Å². The number of hydrogen-bond acceptors (Lipinski definition) is 5. The van der Waals surface area contributed by atoms with Gasteiger partial charge in [-0.15, -0.1) is 0 Å². The molecule has 0 spiro atoms. The van der Waals surface area contributed by atoms with Crippen LogP contribution in [0.2, 0.25) is 0 Å². The van der Waals surface area contributed by atoms with Gasteiger partial charge in [0.1, 0.15) is 0 Å². The number of primary amides is 1. The topological polar surface area (TPSA) is 82.8 Å². The van der Waals surface area contributed by atoms with E-state index in [9.17, 15) is 4.79 Å². The molecular formula is C15H24N2O4. The molecule has 1 aromatic rings. The second-order valence-corrected chi connectivity index (χ2v) is 4.41. The molecule has 1 amide bonds. The van der Waals surface area contributed by atoms with Crippen LogP contribution in [-0.4, -0.2) is 39.4 Å². The summed E-state index contributed by atoms with van der Waals surface area (Å²) in [6.45, 7) is 4.73. The number of ether oxygens (including phenoxy) is 3. The third-order valence-corrected chi connectivity index (χ3v) is 2.75. The third-order valence-electron chi connectivity index (χ3n) is 2.75. The summed E-state index contributed by atoms with van der Waals surface area (Å²) in [7, 11) is 1.66. The van der Waals surface area contributed by atoms with E-state index in [1.807, 2.05) is 25.1 Å². The minimum absolute atomic E-state index is 0.178. The highest BCUT2D eigenvalue weighted by Crippen LogP contribution is 2.31. The van der Waals surface area contributed by atoms with Crippen molar-refractivity contribution < 1.29 is 19.0 Å². The second-order valence-electron chi connectivity index (χ2n) is 4.41. The maximum atomic E-state index is 10.8. The molecule has 0 fully saturated rings. The molecule has 1 rings (SSSR count). The Hall–Kier alpha value is -1.79. The Labute approximate surface area is 125 Å². The Morgan fingerprint density at radius 1 is 1.29 bits per heavy atom. The van der Waals surface area contributed by atoms with Gasteiger partial charge in [-0.05, 0) is 13.0 Å². The number of methoxy groups -OCH3 is 1. The van der Waals surface area contributed by atoms with Crippen molar-refractivity contribution in [3.63, 3.8) is 0 Å². The average molecular weight is 296 g/mol. The average Bonchev–Trinajstić information content (AvgIpc) is 2.46. The number of nitrogens with one attached hydrogen (secondary N) is 1. The largest absolute Gasteiger partial charge is 0.490 e. The SMILES string of the molecule is CCOc1cccc(CNCCOC)c1OCCC(N)=O. The van der Waals surface area contributed by atoms with E-state index in [2.05, 4.69) is 5.32 Å². The number of para-hydroxylation sites is 1. The summed E-state index contributed by atoms with van der Waals surface area (Å²) in [5.74, 6) is 0.946. The van der Waals surface area contributed by atoms with Gasteiger partial charge < -0.3 is 25.3 Å². The molecule has 6 nitrogen and oxygen atoms in total. The first-order valence-electron chi connectivity index (χ1n) is 7.04. The first kappa shape index (κ1) is 17.3. The van der Waals surface area contributed by atoms with E-state index in [0.29, 0.717) is 31.3 Å². The van der Waals surface area contributed by atoms with Crippen molar-refractivity contribution >= 4 is 5.91 Å². The van der Waals surface area contributed by atoms with Gasteiger partial charge in [-0.2, -0.15) is 0 Å². The molecular weight excluding hydrogens is 272 g/mol. The summed E-state index contributed by atoms with van der Waals surface area (Å²) in [5, 5.41) is 3.26. The molecule has 0 aliphatic heterocycles. The smallest absolute Gasteiger partial charge is 0.220 e. The molecule has 0 aliphatic rings. The van der Waals surface area contributed by atoms with E-state index in [4.69, 9.17) is 19.9 Å². The van der Waals surface area contributed by atoms with Crippen molar-refractivity contribution in [2.24, 2.45) is 5.73 Å². The van der Waals surface area contributed by atoms with Crippen LogP contribution in [0.5, 0.6) is 11.5 Å². The molecule has 0 saturated heterocycles. The minimum atomic E-state index is -0.385. The number of carbonyl (C=O) groups excluding carboxylic acids is 1. The monoisotopic (exact) mass is 296 g/mol. The lowest BCUT2D eigenvalue weighted by Crippen LogP contribution is -2.20. The maximum Gasteiger partial charge on any atom is 0.220 e. The van der Waals surface area contributed by atoms with Gasteiger partial charge in [-0.25, -0.2) is 0 Å². The summed E-state index contributed by atoms with van der Waals surface area (Å²) >= 11 is 0. The molecule has 0 saturated carbocycles. The maximum absolute atomic E-state index is 10.8. The molecule has 3 N–H and O–H groups in total. The predicted molar refractivity (Wildman–Crippen MR) is 80.5 cm³/mol. The van der Waals surface area contributed by atoms with Crippen molar-refractivity contribution in [1.29, 1.82) is 0 Å². The van der Waals surface area contributed by atoms with E-state index >= 15 is 0 Å². The molecule has 118 valence electrons.